The van der Waals surface area contributed by atoms with Crippen molar-refractivity contribution in [1.29, 1.82) is 5.26 Å². The second kappa shape index (κ2) is 17.4. The molecular weight excluding hydrogens is 759 g/mol. The van der Waals surface area contributed by atoms with Crippen molar-refractivity contribution in [3.8, 4) is 69.3 Å². The minimum atomic E-state index is -0.423. The van der Waals surface area contributed by atoms with Gasteiger partial charge >= 0.3 is 6.07 Å². The summed E-state index contributed by atoms with van der Waals surface area (Å²) < 4.78 is 17.5. The number of nitriles is 1. The minimum absolute atomic E-state index is 0.00452. The Bertz CT molecular complexity index is 2610. The summed E-state index contributed by atoms with van der Waals surface area (Å²) in [5, 5.41) is 49.3. The van der Waals surface area contributed by atoms with Gasteiger partial charge in [0.1, 0.15) is 23.1 Å². The van der Waals surface area contributed by atoms with Gasteiger partial charge in [-0.2, -0.15) is 15.2 Å². The molecule has 4 aromatic carbocycles. The second-order valence-electron chi connectivity index (χ2n) is 15.6. The normalized spacial score (nSPS) is 17.7. The molecule has 0 spiro atoms. The molecule has 3 aliphatic rings. The van der Waals surface area contributed by atoms with Crippen LogP contribution >= 0.6 is 0 Å². The number of fused-ring (bicyclic) bond motifs is 2. The van der Waals surface area contributed by atoms with E-state index >= 15 is 0 Å². The van der Waals surface area contributed by atoms with Crippen LogP contribution in [0.5, 0.6) is 11.5 Å². The van der Waals surface area contributed by atoms with Crippen LogP contribution in [-0.2, 0) is 12.8 Å². The number of rotatable bonds is 12. The van der Waals surface area contributed by atoms with E-state index in [4.69, 9.17) is 18.8 Å². The van der Waals surface area contributed by atoms with E-state index < -0.39 is 6.10 Å². The standard InChI is InChI=1S/C46H45N9O5/c1-27(25-49-26-31-23-28(8-14-41(31)57)45-52-43(54-59-45)37-6-2-4-35-33(37)10-12-39(35)50-20-21-56)58-42-15-9-29(22-30(42)24-47)46-53-44(55-60-46)38-7-3-5-36-34(38)11-13-40(36)51-32-16-18-48-19-17-32/h2-9,14-15,22-23,27,32,39-40,48,50-51,56H,10-13,16-21,25H2,1H3/p+1. The molecule has 6 aromatic rings. The van der Waals surface area contributed by atoms with E-state index in [1.807, 2.05) is 25.1 Å². The first-order chi connectivity index (χ1) is 29.4. The van der Waals surface area contributed by atoms with Gasteiger partial charge in [-0.3, -0.25) is 0 Å². The quantitative estimate of drug-likeness (QED) is 0.0874. The van der Waals surface area contributed by atoms with Gasteiger partial charge in [-0.25, -0.2) is 0 Å². The number of nitrogens with one attached hydrogen (secondary N) is 3. The first kappa shape index (κ1) is 39.1. The van der Waals surface area contributed by atoms with Crippen LogP contribution < -0.4 is 20.7 Å². The summed E-state index contributed by atoms with van der Waals surface area (Å²) in [6, 6.07) is 28.7. The Balaban J connectivity index is 0.845. The van der Waals surface area contributed by atoms with Crippen molar-refractivity contribution in [2.75, 3.05) is 32.8 Å². The fourth-order valence-electron chi connectivity index (χ4n) is 8.65. The maximum atomic E-state index is 10.6. The van der Waals surface area contributed by atoms with E-state index in [0.29, 0.717) is 70.1 Å². The predicted molar refractivity (Wildman–Crippen MR) is 224 cm³/mol. The third-order valence-corrected chi connectivity index (χ3v) is 11.6. The Morgan fingerprint density at radius 3 is 2.15 bits per heavy atom. The summed E-state index contributed by atoms with van der Waals surface area (Å²) in [5.74, 6) is 2.03. The Morgan fingerprint density at radius 1 is 0.850 bits per heavy atom. The molecule has 3 unspecified atom stereocenters. The molecule has 0 radical (unpaired) electrons. The Hall–Kier alpha value is -6.42. The van der Waals surface area contributed by atoms with Gasteiger partial charge < -0.3 is 39.9 Å². The van der Waals surface area contributed by atoms with Gasteiger partial charge in [0.25, 0.3) is 18.3 Å². The maximum absolute atomic E-state index is 10.6. The van der Waals surface area contributed by atoms with Gasteiger partial charge in [-0.05, 0) is 117 Å². The molecule has 5 N–H and O–H groups in total. The predicted octanol–water partition coefficient (Wildman–Crippen LogP) is 6.74. The molecule has 3 heterocycles. The highest BCUT2D eigenvalue weighted by atomic mass is 16.5. The van der Waals surface area contributed by atoms with Gasteiger partial charge in [-0.15, -0.1) is 0 Å². The lowest BCUT2D eigenvalue weighted by Crippen LogP contribution is -2.41. The molecule has 14 heteroatoms. The number of aromatic nitrogens is 4. The molecule has 1 aliphatic heterocycles. The van der Waals surface area contributed by atoms with Crippen molar-refractivity contribution in [3.05, 3.63) is 111 Å². The van der Waals surface area contributed by atoms with Crippen LogP contribution in [0.15, 0.2) is 81.8 Å². The van der Waals surface area contributed by atoms with Crippen molar-refractivity contribution < 1.29 is 24.0 Å². The third-order valence-electron chi connectivity index (χ3n) is 11.6. The van der Waals surface area contributed by atoms with Crippen molar-refractivity contribution in [2.24, 2.45) is 0 Å². The van der Waals surface area contributed by atoms with Crippen LogP contribution in [0.1, 0.15) is 78.1 Å². The molecule has 2 aromatic heterocycles. The number of aliphatic hydroxyl groups excluding tert-OH is 1. The topological polar surface area (TPSA) is 192 Å². The van der Waals surface area contributed by atoms with Crippen LogP contribution in [0.3, 0.4) is 0 Å². The molecule has 60 heavy (non-hydrogen) atoms. The molecular formula is C46H46N9O5+. The molecule has 2 aliphatic carbocycles. The summed E-state index contributed by atoms with van der Waals surface area (Å²) in [5.41, 5.74) is 8.70. The number of phenolic OH excluding ortho intramolecular Hbond substituents is 1. The van der Waals surface area contributed by atoms with Crippen LogP contribution in [0.2, 0.25) is 0 Å². The Labute approximate surface area is 347 Å². The van der Waals surface area contributed by atoms with Crippen LogP contribution in [0, 0.1) is 17.4 Å². The highest BCUT2D eigenvalue weighted by Gasteiger charge is 2.30. The maximum Gasteiger partial charge on any atom is 0.315 e. The third kappa shape index (κ3) is 8.11. The monoisotopic (exact) mass is 804 g/mol. The van der Waals surface area contributed by atoms with E-state index in [-0.39, 0.29) is 24.9 Å². The lowest BCUT2D eigenvalue weighted by Gasteiger charge is -2.27. The molecule has 9 rings (SSSR count). The number of aromatic hydroxyl groups is 1. The van der Waals surface area contributed by atoms with E-state index in [0.717, 1.165) is 62.7 Å². The Morgan fingerprint density at radius 2 is 1.48 bits per heavy atom. The SMILES string of the molecule is CC(C[N+]#Cc1cc(-c2nc(-c3cccc4c3CCC4NCCO)no2)ccc1O)Oc1ccc(-c2nc(-c3cccc4c3CCC4NC3CCNCC3)no2)cc1C#N. The van der Waals surface area contributed by atoms with Gasteiger partial charge in [-0.1, -0.05) is 51.6 Å². The van der Waals surface area contributed by atoms with E-state index in [9.17, 15) is 15.5 Å². The van der Waals surface area contributed by atoms with Gasteiger partial charge in [0.15, 0.2) is 6.10 Å². The zero-order chi connectivity index (χ0) is 41.0. The summed E-state index contributed by atoms with van der Waals surface area (Å²) in [6.07, 6.45) is 5.63. The number of aliphatic hydroxyl groups is 1. The molecule has 1 fully saturated rings. The largest absolute Gasteiger partial charge is 0.506 e. The first-order valence-electron chi connectivity index (χ1n) is 20.7. The number of phenols is 1. The number of ether oxygens (including phenoxy) is 1. The average molecular weight is 805 g/mol. The van der Waals surface area contributed by atoms with Crippen LogP contribution in [-0.4, -0.2) is 75.4 Å². The van der Waals surface area contributed by atoms with E-state index in [1.54, 1.807) is 30.3 Å². The summed E-state index contributed by atoms with van der Waals surface area (Å²) >= 11 is 0. The molecule has 3 atom stereocenters. The summed E-state index contributed by atoms with van der Waals surface area (Å²) in [6.45, 7) is 4.77. The molecule has 0 amide bonds. The van der Waals surface area contributed by atoms with Crippen molar-refractivity contribution in [1.82, 2.24) is 36.2 Å². The van der Waals surface area contributed by atoms with Gasteiger partial charge in [0, 0.05) is 46.9 Å². The Kier molecular flexibility index (Phi) is 11.3. The second-order valence-corrected chi connectivity index (χ2v) is 15.6. The van der Waals surface area contributed by atoms with Crippen LogP contribution in [0.25, 0.3) is 50.5 Å². The number of benzene rings is 4. The zero-order valence-corrected chi connectivity index (χ0v) is 33.3. The van der Waals surface area contributed by atoms with Crippen molar-refractivity contribution in [3.63, 3.8) is 0 Å². The van der Waals surface area contributed by atoms with Gasteiger partial charge in [0.05, 0.1) is 12.2 Å². The smallest absolute Gasteiger partial charge is 0.315 e. The molecule has 0 bridgehead atoms. The van der Waals surface area contributed by atoms with E-state index in [2.05, 4.69) is 66.4 Å². The summed E-state index contributed by atoms with van der Waals surface area (Å²) in [4.78, 5) is 13.9. The van der Waals surface area contributed by atoms with Crippen molar-refractivity contribution >= 4 is 0 Å². The number of piperidine rings is 1. The highest BCUT2D eigenvalue weighted by Crippen LogP contribution is 2.39. The minimum Gasteiger partial charge on any atom is -0.506 e. The fourth-order valence-corrected chi connectivity index (χ4v) is 8.65. The zero-order valence-electron chi connectivity index (χ0n) is 33.3. The lowest BCUT2D eigenvalue weighted by atomic mass is 10.00. The fraction of sp³-hybridized carbons (Fsp3) is 0.348. The molecule has 304 valence electrons. The van der Waals surface area contributed by atoms with Crippen LogP contribution in [0.4, 0.5) is 0 Å². The van der Waals surface area contributed by atoms with E-state index in [1.165, 1.54) is 28.3 Å². The number of nitrogens with zero attached hydrogens (tertiary/aromatic N) is 6. The molecule has 0 saturated carbocycles. The molecule has 14 nitrogen and oxygen atoms in total. The number of hydrogen-bond donors (Lipinski definition) is 5. The lowest BCUT2D eigenvalue weighted by molar-refractivity contribution is 0.238. The molecule has 1 saturated heterocycles. The van der Waals surface area contributed by atoms with Crippen molar-refractivity contribution in [2.45, 2.75) is 69.7 Å². The van der Waals surface area contributed by atoms with Gasteiger partial charge in [0.2, 0.25) is 11.6 Å². The number of hydrogen-bond acceptors (Lipinski definition) is 13. The highest BCUT2D eigenvalue weighted by molar-refractivity contribution is 5.69. The summed E-state index contributed by atoms with van der Waals surface area (Å²) in [7, 11) is 0. The average Bonchev–Trinajstić information content (AvgIpc) is 4.12. The first-order valence-corrected chi connectivity index (χ1v) is 20.7.